The van der Waals surface area contributed by atoms with Gasteiger partial charge in [0.05, 0.1) is 11.7 Å². The summed E-state index contributed by atoms with van der Waals surface area (Å²) in [5, 5.41) is 9.77. The number of hydrogen-bond donors (Lipinski definition) is 0. The molecule has 1 saturated heterocycles. The van der Waals surface area contributed by atoms with Gasteiger partial charge >= 0.3 is 0 Å². The molecule has 7 nitrogen and oxygen atoms in total. The van der Waals surface area contributed by atoms with Gasteiger partial charge in [0.2, 0.25) is 17.6 Å². The van der Waals surface area contributed by atoms with E-state index in [9.17, 15) is 4.79 Å². The number of carbonyl (C=O) groups is 1. The molecule has 152 valence electrons. The first kappa shape index (κ1) is 19.4. The van der Waals surface area contributed by atoms with E-state index in [1.165, 1.54) is 0 Å². The highest BCUT2D eigenvalue weighted by molar-refractivity contribution is 5.92. The molecule has 0 radical (unpaired) electrons. The van der Waals surface area contributed by atoms with Gasteiger partial charge in [-0.2, -0.15) is 10.1 Å². The van der Waals surface area contributed by atoms with Crippen molar-refractivity contribution in [2.45, 2.75) is 52.0 Å². The van der Waals surface area contributed by atoms with Crippen LogP contribution in [0.1, 0.15) is 57.9 Å². The fourth-order valence-corrected chi connectivity index (χ4v) is 3.81. The van der Waals surface area contributed by atoms with Crippen molar-refractivity contribution in [2.24, 2.45) is 0 Å². The van der Waals surface area contributed by atoms with Gasteiger partial charge in [0.25, 0.3) is 0 Å². The number of fused-ring (bicyclic) bond motifs is 1. The third kappa shape index (κ3) is 3.69. The molecule has 2 aromatic heterocycles. The van der Waals surface area contributed by atoms with Gasteiger partial charge in [-0.15, -0.1) is 0 Å². The minimum atomic E-state index is 0.0623. The molecule has 7 heteroatoms. The van der Waals surface area contributed by atoms with E-state index in [0.29, 0.717) is 36.8 Å². The molecule has 3 aromatic rings. The summed E-state index contributed by atoms with van der Waals surface area (Å²) in [5.41, 5.74) is 2.65. The fourth-order valence-electron chi connectivity index (χ4n) is 3.81. The number of amides is 1. The van der Waals surface area contributed by atoms with Gasteiger partial charge in [-0.05, 0) is 39.2 Å². The van der Waals surface area contributed by atoms with Gasteiger partial charge in [-0.3, -0.25) is 9.48 Å². The smallest absolute Gasteiger partial charge is 0.249 e. The molecule has 1 aromatic carbocycles. The number of piperidine rings is 1. The molecule has 0 N–H and O–H groups in total. The van der Waals surface area contributed by atoms with Gasteiger partial charge in [0.15, 0.2) is 0 Å². The molecule has 0 unspecified atom stereocenters. The lowest BCUT2D eigenvalue weighted by Gasteiger charge is -2.30. The van der Waals surface area contributed by atoms with E-state index < -0.39 is 0 Å². The van der Waals surface area contributed by atoms with E-state index in [1.807, 2.05) is 34.8 Å². The van der Waals surface area contributed by atoms with Crippen LogP contribution in [0.25, 0.3) is 22.3 Å². The van der Waals surface area contributed by atoms with Gasteiger partial charge in [0, 0.05) is 41.6 Å². The van der Waals surface area contributed by atoms with Gasteiger partial charge in [-0.1, -0.05) is 30.8 Å². The van der Waals surface area contributed by atoms with Crippen molar-refractivity contribution in [1.29, 1.82) is 0 Å². The molecule has 1 aliphatic heterocycles. The molecular formula is C22H27N5O2. The Morgan fingerprint density at radius 1 is 1.31 bits per heavy atom. The summed E-state index contributed by atoms with van der Waals surface area (Å²) in [7, 11) is 0. The number of likely N-dealkylation sites (tertiary alicyclic amines) is 1. The topological polar surface area (TPSA) is 77.1 Å². The van der Waals surface area contributed by atoms with E-state index >= 15 is 0 Å². The second-order valence-corrected chi connectivity index (χ2v) is 7.94. The van der Waals surface area contributed by atoms with Crippen LogP contribution in [0, 0.1) is 0 Å². The highest BCUT2D eigenvalue weighted by Crippen LogP contribution is 2.30. The van der Waals surface area contributed by atoms with Crippen LogP contribution < -0.4 is 0 Å². The second-order valence-electron chi connectivity index (χ2n) is 7.94. The summed E-state index contributed by atoms with van der Waals surface area (Å²) in [6.45, 7) is 11.4. The highest BCUT2D eigenvalue weighted by atomic mass is 16.5. The van der Waals surface area contributed by atoms with Crippen molar-refractivity contribution in [2.75, 3.05) is 13.1 Å². The maximum Gasteiger partial charge on any atom is 0.249 e. The number of aromatic nitrogens is 4. The summed E-state index contributed by atoms with van der Waals surface area (Å²) in [4.78, 5) is 18.8. The van der Waals surface area contributed by atoms with E-state index in [-0.39, 0.29) is 17.9 Å². The Morgan fingerprint density at radius 3 is 2.76 bits per heavy atom. The van der Waals surface area contributed by atoms with Crippen molar-refractivity contribution in [3.8, 4) is 11.4 Å². The molecule has 0 spiro atoms. The zero-order chi connectivity index (χ0) is 20.5. The molecule has 0 aliphatic carbocycles. The van der Waals surface area contributed by atoms with Crippen LogP contribution in [0.3, 0.4) is 0 Å². The lowest BCUT2D eigenvalue weighted by atomic mass is 9.96. The van der Waals surface area contributed by atoms with Crippen LogP contribution in [-0.4, -0.2) is 43.8 Å². The molecule has 3 heterocycles. The van der Waals surface area contributed by atoms with Gasteiger partial charge in [0.1, 0.15) is 0 Å². The zero-order valence-electron chi connectivity index (χ0n) is 17.3. The molecule has 1 aliphatic rings. The van der Waals surface area contributed by atoms with Crippen LogP contribution in [0.2, 0.25) is 0 Å². The number of nitrogens with zero attached hydrogens (tertiary/aromatic N) is 5. The van der Waals surface area contributed by atoms with Crippen molar-refractivity contribution in [3.05, 3.63) is 42.4 Å². The van der Waals surface area contributed by atoms with Crippen LogP contribution in [0.5, 0.6) is 0 Å². The van der Waals surface area contributed by atoms with Crippen LogP contribution in [0.15, 0.2) is 41.1 Å². The maximum absolute atomic E-state index is 12.3. The first-order chi connectivity index (χ1) is 14.0. The summed E-state index contributed by atoms with van der Waals surface area (Å²) in [6, 6.07) is 6.38. The van der Waals surface area contributed by atoms with E-state index in [1.54, 1.807) is 0 Å². The van der Waals surface area contributed by atoms with E-state index in [4.69, 9.17) is 4.52 Å². The Hall–Kier alpha value is -2.96. The zero-order valence-corrected chi connectivity index (χ0v) is 17.3. The molecular weight excluding hydrogens is 366 g/mol. The summed E-state index contributed by atoms with van der Waals surface area (Å²) >= 11 is 0. The second kappa shape index (κ2) is 7.81. The van der Waals surface area contributed by atoms with Crippen LogP contribution in [-0.2, 0) is 4.79 Å². The molecule has 0 bridgehead atoms. The van der Waals surface area contributed by atoms with Gasteiger partial charge in [-0.25, -0.2) is 0 Å². The maximum atomic E-state index is 12.3. The third-order valence-electron chi connectivity index (χ3n) is 5.65. The van der Waals surface area contributed by atoms with E-state index in [2.05, 4.69) is 41.7 Å². The standard InChI is InChI=1S/C22H27N5O2/c1-5-15(4)22(28)26-10-8-16(9-11-26)21-24-20(25-29-21)17-6-7-18-13-23-27(14(2)3)19(18)12-17/h6-7,12-14,16H,4-5,8-11H2,1-3H3. The summed E-state index contributed by atoms with van der Waals surface area (Å²) < 4.78 is 7.59. The molecule has 0 saturated carbocycles. The molecule has 1 fully saturated rings. The van der Waals surface area contributed by atoms with Crippen LogP contribution in [0.4, 0.5) is 0 Å². The van der Waals surface area contributed by atoms with Gasteiger partial charge < -0.3 is 9.42 Å². The van der Waals surface area contributed by atoms with Crippen LogP contribution >= 0.6 is 0 Å². The van der Waals surface area contributed by atoms with Crippen molar-refractivity contribution in [1.82, 2.24) is 24.8 Å². The lowest BCUT2D eigenvalue weighted by Crippen LogP contribution is -2.38. The van der Waals surface area contributed by atoms with Crippen molar-refractivity contribution >= 4 is 16.8 Å². The van der Waals surface area contributed by atoms with Crippen molar-refractivity contribution in [3.63, 3.8) is 0 Å². The Balaban J connectivity index is 1.49. The Bertz CT molecular complexity index is 1040. The average molecular weight is 393 g/mol. The van der Waals surface area contributed by atoms with Crippen molar-refractivity contribution < 1.29 is 9.32 Å². The first-order valence-corrected chi connectivity index (χ1v) is 10.3. The highest BCUT2D eigenvalue weighted by Gasteiger charge is 2.28. The number of hydrogen-bond acceptors (Lipinski definition) is 5. The predicted octanol–water partition coefficient (Wildman–Crippen LogP) is 4.34. The molecule has 1 amide bonds. The minimum Gasteiger partial charge on any atom is -0.339 e. The summed E-state index contributed by atoms with van der Waals surface area (Å²) in [6.07, 6.45) is 4.21. The lowest BCUT2D eigenvalue weighted by molar-refractivity contribution is -0.128. The Morgan fingerprint density at radius 2 is 2.07 bits per heavy atom. The number of benzene rings is 1. The number of rotatable bonds is 5. The third-order valence-corrected chi connectivity index (χ3v) is 5.65. The monoisotopic (exact) mass is 393 g/mol. The molecule has 4 rings (SSSR count). The van der Waals surface area contributed by atoms with E-state index in [0.717, 1.165) is 29.3 Å². The fraction of sp³-hybridized carbons (Fsp3) is 0.455. The predicted molar refractivity (Wildman–Crippen MR) is 111 cm³/mol. The SMILES string of the molecule is C=C(CC)C(=O)N1CCC(c2nc(-c3ccc4cnn(C(C)C)c4c3)no2)CC1. The summed E-state index contributed by atoms with van der Waals surface area (Å²) in [5.74, 6) is 1.49. The molecule has 0 atom stereocenters. The Labute approximate surface area is 170 Å². The normalized spacial score (nSPS) is 15.4. The largest absolute Gasteiger partial charge is 0.339 e. The first-order valence-electron chi connectivity index (χ1n) is 10.3. The Kier molecular flexibility index (Phi) is 5.22. The number of carbonyl (C=O) groups excluding carboxylic acids is 1. The molecule has 29 heavy (non-hydrogen) atoms. The minimum absolute atomic E-state index is 0.0623. The quantitative estimate of drug-likeness (QED) is 0.603. The average Bonchev–Trinajstić information content (AvgIpc) is 3.39.